The van der Waals surface area contributed by atoms with E-state index in [1.165, 1.54) is 36.5 Å². The Kier molecular flexibility index (Phi) is 5.46. The van der Waals surface area contributed by atoms with Gasteiger partial charge in [0.25, 0.3) is 5.91 Å². The van der Waals surface area contributed by atoms with E-state index in [0.29, 0.717) is 5.69 Å². The molecule has 1 aliphatic rings. The van der Waals surface area contributed by atoms with Crippen LogP contribution in [-0.4, -0.2) is 40.7 Å². The van der Waals surface area contributed by atoms with Crippen LogP contribution in [0.15, 0.2) is 30.9 Å². The molecule has 3 aromatic heterocycles. The number of nitrogens with two attached hydrogens (primary N) is 1. The summed E-state index contributed by atoms with van der Waals surface area (Å²) in [6.07, 6.45) is 1.26. The second-order valence-corrected chi connectivity index (χ2v) is 7.40. The van der Waals surface area contributed by atoms with E-state index >= 15 is 0 Å². The minimum absolute atomic E-state index is 0.00275. The number of rotatable bonds is 6. The first-order valence-electron chi connectivity index (χ1n) is 9.64. The summed E-state index contributed by atoms with van der Waals surface area (Å²) in [6.45, 7) is 1.49. The van der Waals surface area contributed by atoms with Crippen molar-refractivity contribution in [1.82, 2.24) is 29.7 Å². The smallest absolute Gasteiger partial charge is 0.385 e. The predicted octanol–water partition coefficient (Wildman–Crippen LogP) is 2.56. The van der Waals surface area contributed by atoms with Gasteiger partial charge in [0.2, 0.25) is 0 Å². The third kappa shape index (κ3) is 4.64. The molecule has 1 atom stereocenters. The first-order valence-corrected chi connectivity index (χ1v) is 9.64. The van der Waals surface area contributed by atoms with Crippen LogP contribution in [0, 0.1) is 0 Å². The molecule has 4 rings (SSSR count). The molecule has 32 heavy (non-hydrogen) atoms. The lowest BCUT2D eigenvalue weighted by molar-refractivity contribution is -0.141. The van der Waals surface area contributed by atoms with E-state index < -0.39 is 23.9 Å². The minimum Gasteiger partial charge on any atom is -0.385 e. The fourth-order valence-corrected chi connectivity index (χ4v) is 2.99. The van der Waals surface area contributed by atoms with Crippen LogP contribution in [0.5, 0.6) is 0 Å². The Morgan fingerprint density at radius 1 is 1.25 bits per heavy atom. The molecule has 0 radical (unpaired) electrons. The molecule has 1 fully saturated rings. The molecule has 9 nitrogen and oxygen atoms in total. The van der Waals surface area contributed by atoms with E-state index in [-0.39, 0.29) is 34.3 Å². The monoisotopic (exact) mass is 445 g/mol. The lowest BCUT2D eigenvalue weighted by Crippen LogP contribution is -2.14. The zero-order valence-corrected chi connectivity index (χ0v) is 16.8. The number of carbonyl (C=O) groups is 1. The quantitative estimate of drug-likeness (QED) is 0.557. The van der Waals surface area contributed by atoms with Gasteiger partial charge in [-0.15, -0.1) is 5.10 Å². The molecule has 1 amide bonds. The van der Waals surface area contributed by atoms with Crippen LogP contribution in [0.25, 0.3) is 23.2 Å². The van der Waals surface area contributed by atoms with Crippen molar-refractivity contribution < 1.29 is 23.1 Å². The van der Waals surface area contributed by atoms with E-state index in [0.717, 1.165) is 18.9 Å². The summed E-state index contributed by atoms with van der Waals surface area (Å²) in [5.74, 6) is -0.579. The predicted molar refractivity (Wildman–Crippen MR) is 106 cm³/mol. The largest absolute Gasteiger partial charge is 0.433 e. The molecule has 0 aliphatic heterocycles. The number of hydrogen-bond acceptors (Lipinski definition) is 7. The number of hydrogen-bond donors (Lipinski definition) is 2. The molecule has 166 valence electrons. The van der Waals surface area contributed by atoms with Crippen LogP contribution < -0.4 is 5.73 Å². The van der Waals surface area contributed by atoms with Crippen LogP contribution in [0.3, 0.4) is 0 Å². The Morgan fingerprint density at radius 3 is 2.50 bits per heavy atom. The Balaban J connectivity index is 1.69. The second kappa shape index (κ2) is 8.11. The zero-order valence-electron chi connectivity index (χ0n) is 16.8. The summed E-state index contributed by atoms with van der Waals surface area (Å²) in [5, 5.41) is 13.7. The van der Waals surface area contributed by atoms with Gasteiger partial charge >= 0.3 is 6.18 Å². The van der Waals surface area contributed by atoms with E-state index in [9.17, 15) is 23.1 Å². The molecule has 1 aliphatic carbocycles. The van der Waals surface area contributed by atoms with E-state index in [1.807, 2.05) is 0 Å². The van der Waals surface area contributed by atoms with Gasteiger partial charge in [0.05, 0.1) is 5.57 Å². The molecule has 1 unspecified atom stereocenters. The van der Waals surface area contributed by atoms with Crippen molar-refractivity contribution >= 4 is 17.7 Å². The Morgan fingerprint density at radius 2 is 1.94 bits per heavy atom. The summed E-state index contributed by atoms with van der Waals surface area (Å²) in [5.41, 5.74) is 5.26. The maximum atomic E-state index is 13.3. The number of aromatic nitrogens is 6. The van der Waals surface area contributed by atoms with Gasteiger partial charge in [-0.05, 0) is 31.9 Å². The molecule has 12 heteroatoms. The van der Waals surface area contributed by atoms with Gasteiger partial charge in [-0.1, -0.05) is 0 Å². The summed E-state index contributed by atoms with van der Waals surface area (Å²) in [7, 11) is 0. The van der Waals surface area contributed by atoms with Crippen LogP contribution in [-0.2, 0) is 11.0 Å². The average molecular weight is 445 g/mol. The molecule has 3 N–H and O–H groups in total. The summed E-state index contributed by atoms with van der Waals surface area (Å²) >= 11 is 0. The lowest BCUT2D eigenvalue weighted by Gasteiger charge is -2.09. The van der Waals surface area contributed by atoms with Crippen molar-refractivity contribution in [3.63, 3.8) is 0 Å². The zero-order chi connectivity index (χ0) is 23.0. The number of aliphatic hydroxyl groups excluding tert-OH is 1. The first-order chi connectivity index (χ1) is 15.1. The molecule has 0 spiro atoms. The summed E-state index contributed by atoms with van der Waals surface area (Å²) in [4.78, 5) is 27.7. The van der Waals surface area contributed by atoms with Crippen LogP contribution in [0.1, 0.15) is 54.6 Å². The van der Waals surface area contributed by atoms with Crippen LogP contribution in [0.2, 0.25) is 0 Å². The van der Waals surface area contributed by atoms with Crippen LogP contribution in [0.4, 0.5) is 13.2 Å². The number of halogens is 3. The number of nitrogens with zero attached hydrogens (tertiary/aromatic N) is 6. The average Bonchev–Trinajstić information content (AvgIpc) is 3.49. The Bertz CT molecular complexity index is 1180. The van der Waals surface area contributed by atoms with Crippen molar-refractivity contribution in [3.8, 4) is 11.4 Å². The fraction of sp³-hybridized carbons (Fsp3) is 0.300. The minimum atomic E-state index is -4.60. The molecule has 0 saturated heterocycles. The molecule has 1 saturated carbocycles. The lowest BCUT2D eigenvalue weighted by atomic mass is 10.1. The van der Waals surface area contributed by atoms with Gasteiger partial charge in [0, 0.05) is 41.3 Å². The van der Waals surface area contributed by atoms with Crippen LogP contribution >= 0.6 is 0 Å². The number of aliphatic hydroxyl groups is 1. The molecule has 3 aromatic rings. The third-order valence-electron chi connectivity index (χ3n) is 4.78. The van der Waals surface area contributed by atoms with Crippen molar-refractivity contribution in [3.05, 3.63) is 53.6 Å². The highest BCUT2D eigenvalue weighted by Gasteiger charge is 2.35. The topological polar surface area (TPSA) is 133 Å². The highest BCUT2D eigenvalue weighted by molar-refractivity contribution is 6.22. The second-order valence-electron chi connectivity index (χ2n) is 7.40. The number of amides is 1. The van der Waals surface area contributed by atoms with E-state index in [1.54, 1.807) is 6.07 Å². The first kappa shape index (κ1) is 21.6. The number of primary amides is 1. The highest BCUT2D eigenvalue weighted by Crippen LogP contribution is 2.41. The molecule has 0 aromatic carbocycles. The molecular formula is C20H18F3N7O2. The number of alkyl halides is 3. The van der Waals surface area contributed by atoms with Crippen molar-refractivity contribution in [2.75, 3.05) is 0 Å². The standard InChI is InChI=1S/C20H18F3N7O2/c1-10(31)18-25-6-13(7-26-18)14(17(24)32)8-30-9-27-19(29-30)12-4-15(11-2-3-11)28-16(5-12)20(21,22)23/h4-11,31H,2-3H2,1H3,(H2,24,32)/b14-8+. The van der Waals surface area contributed by atoms with Gasteiger partial charge in [0.1, 0.15) is 18.1 Å². The van der Waals surface area contributed by atoms with Crippen molar-refractivity contribution in [2.45, 2.75) is 38.0 Å². The summed E-state index contributed by atoms with van der Waals surface area (Å²) < 4.78 is 41.0. The maximum Gasteiger partial charge on any atom is 0.433 e. The van der Waals surface area contributed by atoms with Gasteiger partial charge in [-0.2, -0.15) is 13.2 Å². The van der Waals surface area contributed by atoms with E-state index in [2.05, 4.69) is 25.0 Å². The Labute approximate surface area is 179 Å². The van der Waals surface area contributed by atoms with Gasteiger partial charge < -0.3 is 10.8 Å². The van der Waals surface area contributed by atoms with Gasteiger partial charge in [0.15, 0.2) is 11.6 Å². The highest BCUT2D eigenvalue weighted by atomic mass is 19.4. The molecule has 3 heterocycles. The summed E-state index contributed by atoms with van der Waals surface area (Å²) in [6, 6.07) is 2.45. The van der Waals surface area contributed by atoms with Gasteiger partial charge in [-0.25, -0.2) is 24.6 Å². The SMILES string of the molecule is CC(O)c1ncc(/C(=C\n2cnc(-c3cc(C4CC4)nc(C(F)(F)F)c3)n2)C(N)=O)cn1. The fourth-order valence-electron chi connectivity index (χ4n) is 2.99. The van der Waals surface area contributed by atoms with E-state index in [4.69, 9.17) is 5.73 Å². The normalized spacial score (nSPS) is 15.6. The maximum absolute atomic E-state index is 13.3. The Hall–Kier alpha value is -3.67. The van der Waals surface area contributed by atoms with Crippen molar-refractivity contribution in [1.29, 1.82) is 0 Å². The molecule has 0 bridgehead atoms. The third-order valence-corrected chi connectivity index (χ3v) is 4.78. The number of carbonyl (C=O) groups excluding carboxylic acids is 1. The number of pyridine rings is 1. The van der Waals surface area contributed by atoms with Crippen molar-refractivity contribution in [2.24, 2.45) is 5.73 Å². The van der Waals surface area contributed by atoms with Gasteiger partial charge in [-0.3, -0.25) is 4.79 Å². The molecular weight excluding hydrogens is 427 g/mol.